The monoisotopic (exact) mass is 510 g/mol. The number of hydrogen-bond acceptors (Lipinski definition) is 9. The van der Waals surface area contributed by atoms with Crippen molar-refractivity contribution in [2.75, 3.05) is 14.2 Å². The minimum absolute atomic E-state index is 0.138. The highest BCUT2D eigenvalue weighted by Crippen LogP contribution is 2.29. The van der Waals surface area contributed by atoms with Gasteiger partial charge < -0.3 is 13.7 Å². The minimum atomic E-state index is -5.89. The standard InChI is InChI=1S/C12H11NO2.C10H6F3NO5S/c1-8(2)11-5-4-9(12(14)15-3)6-10(11)7-13;1-18-9(15)6-2-3-8(7(4-6)5-14)19-20(16,17)10(11,12)13/h4-6H,1H2,2-3H3;2-4H,1H3. The van der Waals surface area contributed by atoms with Crippen LogP contribution in [-0.2, 0) is 19.6 Å². The van der Waals surface area contributed by atoms with Crippen molar-refractivity contribution in [1.82, 2.24) is 0 Å². The first-order valence-electron chi connectivity index (χ1n) is 9.14. The third-order valence-corrected chi connectivity index (χ3v) is 4.99. The van der Waals surface area contributed by atoms with Crippen molar-refractivity contribution in [3.63, 3.8) is 0 Å². The molecule has 2 aromatic carbocycles. The van der Waals surface area contributed by atoms with Crippen molar-refractivity contribution in [3.8, 4) is 17.9 Å². The van der Waals surface area contributed by atoms with Gasteiger partial charge in [0.15, 0.2) is 5.75 Å². The number of halogens is 3. The number of methoxy groups -OCH3 is 2. The second-order valence-corrected chi connectivity index (χ2v) is 7.98. The number of alkyl halides is 3. The van der Waals surface area contributed by atoms with Gasteiger partial charge in [0.25, 0.3) is 0 Å². The van der Waals surface area contributed by atoms with Crippen LogP contribution < -0.4 is 4.18 Å². The number of rotatable bonds is 5. The van der Waals surface area contributed by atoms with Crippen molar-refractivity contribution in [3.05, 3.63) is 70.8 Å². The van der Waals surface area contributed by atoms with E-state index in [9.17, 15) is 31.2 Å². The molecule has 2 aromatic rings. The van der Waals surface area contributed by atoms with Crippen molar-refractivity contribution in [2.45, 2.75) is 12.4 Å². The molecule has 0 amide bonds. The van der Waals surface area contributed by atoms with Crippen molar-refractivity contribution in [2.24, 2.45) is 0 Å². The van der Waals surface area contributed by atoms with Gasteiger partial charge >= 0.3 is 27.6 Å². The lowest BCUT2D eigenvalue weighted by Crippen LogP contribution is -2.28. The molecule has 0 aromatic heterocycles. The van der Waals surface area contributed by atoms with Gasteiger partial charge in [-0.1, -0.05) is 12.6 Å². The van der Waals surface area contributed by atoms with Crippen LogP contribution in [-0.4, -0.2) is 40.1 Å². The first kappa shape index (κ1) is 28.7. The van der Waals surface area contributed by atoms with Crippen LogP contribution in [0.4, 0.5) is 13.2 Å². The summed E-state index contributed by atoms with van der Waals surface area (Å²) in [5, 5.41) is 17.6. The Morgan fingerprint density at radius 1 is 0.914 bits per heavy atom. The summed E-state index contributed by atoms with van der Waals surface area (Å²) in [6, 6.07) is 10.9. The molecule has 0 radical (unpaired) electrons. The number of carbonyl (C=O) groups is 2. The maximum absolute atomic E-state index is 12.1. The van der Waals surface area contributed by atoms with E-state index in [1.165, 1.54) is 19.2 Å². The molecular weight excluding hydrogens is 493 g/mol. The Morgan fingerprint density at radius 2 is 1.37 bits per heavy atom. The first-order valence-corrected chi connectivity index (χ1v) is 10.5. The number of nitriles is 2. The van der Waals surface area contributed by atoms with E-state index in [1.54, 1.807) is 12.1 Å². The number of allylic oxidation sites excluding steroid dienone is 1. The zero-order valence-electron chi connectivity index (χ0n) is 18.5. The van der Waals surface area contributed by atoms with Crippen molar-refractivity contribution in [1.29, 1.82) is 10.5 Å². The van der Waals surface area contributed by atoms with Gasteiger partial charge in [-0.15, -0.1) is 0 Å². The molecule has 0 aliphatic rings. The van der Waals surface area contributed by atoms with Gasteiger partial charge in [0, 0.05) is 0 Å². The lowest BCUT2D eigenvalue weighted by atomic mass is 10.0. The number of ether oxygens (including phenoxy) is 2. The predicted molar refractivity (Wildman–Crippen MR) is 115 cm³/mol. The molecule has 0 N–H and O–H groups in total. The molecule has 0 saturated heterocycles. The average molecular weight is 510 g/mol. The smallest absolute Gasteiger partial charge is 0.465 e. The quantitative estimate of drug-likeness (QED) is 0.332. The summed E-state index contributed by atoms with van der Waals surface area (Å²) in [7, 11) is -3.52. The van der Waals surface area contributed by atoms with E-state index in [0.29, 0.717) is 11.1 Å². The van der Waals surface area contributed by atoms with Crippen LogP contribution in [0.3, 0.4) is 0 Å². The Hall–Kier alpha value is -4.36. The highest BCUT2D eigenvalue weighted by atomic mass is 32.2. The van der Waals surface area contributed by atoms with Crippen LogP contribution in [0.5, 0.6) is 5.75 Å². The summed E-state index contributed by atoms with van der Waals surface area (Å²) in [4.78, 5) is 22.4. The zero-order valence-corrected chi connectivity index (χ0v) is 19.3. The molecule has 9 nitrogen and oxygen atoms in total. The van der Waals surface area contributed by atoms with E-state index >= 15 is 0 Å². The maximum atomic E-state index is 12.1. The molecule has 0 saturated carbocycles. The van der Waals surface area contributed by atoms with Crippen LogP contribution in [0.2, 0.25) is 0 Å². The molecule has 0 bridgehead atoms. The van der Waals surface area contributed by atoms with Crippen molar-refractivity contribution < 1.29 is 44.8 Å². The second-order valence-electron chi connectivity index (χ2n) is 6.44. The first-order chi connectivity index (χ1) is 16.2. The van der Waals surface area contributed by atoms with Crippen LogP contribution in [0.25, 0.3) is 5.57 Å². The van der Waals surface area contributed by atoms with E-state index in [0.717, 1.165) is 36.4 Å². The Kier molecular flexibility index (Phi) is 9.56. The maximum Gasteiger partial charge on any atom is 0.534 e. The molecule has 35 heavy (non-hydrogen) atoms. The van der Waals surface area contributed by atoms with Crippen LogP contribution in [0, 0.1) is 22.7 Å². The Bertz CT molecular complexity index is 1340. The molecule has 0 aliphatic heterocycles. The molecule has 0 unspecified atom stereocenters. The molecule has 2 rings (SSSR count). The summed E-state index contributed by atoms with van der Waals surface area (Å²) in [5.74, 6) is -2.12. The molecule has 0 aliphatic carbocycles. The van der Waals surface area contributed by atoms with Gasteiger partial charge in [-0.2, -0.15) is 32.1 Å². The summed E-state index contributed by atoms with van der Waals surface area (Å²) >= 11 is 0. The third kappa shape index (κ3) is 7.31. The molecule has 0 atom stereocenters. The fourth-order valence-corrected chi connectivity index (χ4v) is 2.83. The number of benzene rings is 2. The second kappa shape index (κ2) is 11.7. The lowest BCUT2D eigenvalue weighted by molar-refractivity contribution is -0.0500. The fraction of sp³-hybridized carbons (Fsp3) is 0.182. The topological polar surface area (TPSA) is 144 Å². The van der Waals surface area contributed by atoms with Gasteiger partial charge in [0.05, 0.1) is 42.5 Å². The summed E-state index contributed by atoms with van der Waals surface area (Å²) in [6.07, 6.45) is 0. The normalized spacial score (nSPS) is 10.5. The lowest BCUT2D eigenvalue weighted by Gasteiger charge is -2.10. The Labute approximate surface area is 198 Å². The molecule has 13 heteroatoms. The minimum Gasteiger partial charge on any atom is -0.465 e. The van der Waals surface area contributed by atoms with E-state index in [-0.39, 0.29) is 5.56 Å². The van der Waals surface area contributed by atoms with Gasteiger partial charge in [0.2, 0.25) is 0 Å². The van der Waals surface area contributed by atoms with Gasteiger partial charge in [-0.05, 0) is 48.4 Å². The Morgan fingerprint density at radius 3 is 1.77 bits per heavy atom. The van der Waals surface area contributed by atoms with Crippen molar-refractivity contribution >= 4 is 27.6 Å². The number of carbonyl (C=O) groups excluding carboxylic acids is 2. The van der Waals surface area contributed by atoms with E-state index < -0.39 is 38.9 Å². The largest absolute Gasteiger partial charge is 0.534 e. The SMILES string of the molecule is C=C(C)c1ccc(C(=O)OC)cc1C#N.COC(=O)c1ccc(OS(=O)(=O)C(F)(F)F)c(C#N)c1. The molecule has 184 valence electrons. The van der Waals surface area contributed by atoms with Gasteiger partial charge in [-0.3, -0.25) is 0 Å². The Balaban J connectivity index is 0.000000365. The molecular formula is C22H17F3N2O7S. The van der Waals surface area contributed by atoms with Crippen LogP contribution in [0.15, 0.2) is 43.0 Å². The summed E-state index contributed by atoms with van der Waals surface area (Å²) in [6.45, 7) is 5.57. The van der Waals surface area contributed by atoms with Gasteiger partial charge in [0.1, 0.15) is 6.07 Å². The highest BCUT2D eigenvalue weighted by Gasteiger charge is 2.48. The molecule has 0 fully saturated rings. The van der Waals surface area contributed by atoms with E-state index in [1.807, 2.05) is 13.0 Å². The average Bonchev–Trinajstić information content (AvgIpc) is 2.82. The number of hydrogen-bond donors (Lipinski definition) is 0. The summed E-state index contributed by atoms with van der Waals surface area (Å²) < 4.78 is 70.8. The van der Waals surface area contributed by atoms with Gasteiger partial charge in [-0.25, -0.2) is 9.59 Å². The third-order valence-electron chi connectivity index (χ3n) is 4.02. The molecule has 0 heterocycles. The molecule has 0 spiro atoms. The fourth-order valence-electron chi connectivity index (χ4n) is 2.35. The zero-order chi connectivity index (χ0) is 27.0. The van der Waals surface area contributed by atoms with E-state index in [2.05, 4.69) is 20.2 Å². The van der Waals surface area contributed by atoms with Crippen LogP contribution in [0.1, 0.15) is 44.3 Å². The van der Waals surface area contributed by atoms with E-state index in [4.69, 9.17) is 10.5 Å². The predicted octanol–water partition coefficient (Wildman–Crippen LogP) is 3.95. The van der Waals surface area contributed by atoms with Crippen LogP contribution >= 0.6 is 0 Å². The summed E-state index contributed by atoms with van der Waals surface area (Å²) in [5.41, 5.74) is -3.96. The number of nitrogens with zero attached hydrogens (tertiary/aromatic N) is 2. The number of esters is 2. The highest BCUT2D eigenvalue weighted by molar-refractivity contribution is 7.88.